The van der Waals surface area contributed by atoms with Crippen LogP contribution in [0.4, 0.5) is 5.69 Å². The number of nitrogens with zero attached hydrogens (tertiary/aromatic N) is 1. The largest absolute Gasteiger partial charge is 0.755 e. The summed E-state index contributed by atoms with van der Waals surface area (Å²) < 4.78 is 28.8. The summed E-state index contributed by atoms with van der Waals surface area (Å²) in [6.45, 7) is 4.48. The van der Waals surface area contributed by atoms with E-state index in [0.29, 0.717) is 16.8 Å². The van der Waals surface area contributed by atoms with Gasteiger partial charge in [0.05, 0.1) is 13.7 Å². The summed E-state index contributed by atoms with van der Waals surface area (Å²) in [5.41, 5.74) is 1.47. The van der Waals surface area contributed by atoms with Crippen LogP contribution in [0.3, 0.4) is 0 Å². The van der Waals surface area contributed by atoms with Crippen molar-refractivity contribution >= 4 is 28.8 Å². The molecule has 0 fully saturated rings. The Morgan fingerprint density at radius 2 is 1.87 bits per heavy atom. The fourth-order valence-electron chi connectivity index (χ4n) is 1.98. The van der Waals surface area contributed by atoms with Gasteiger partial charge in [0.2, 0.25) is 5.91 Å². The molecule has 1 amide bonds. The second-order valence-electron chi connectivity index (χ2n) is 4.93. The molecule has 1 aromatic carbocycles. The lowest BCUT2D eigenvalue weighted by atomic mass is 10.1. The number of rotatable bonds is 6. The number of esters is 1. The summed E-state index contributed by atoms with van der Waals surface area (Å²) in [6, 6.07) is 6.76. The van der Waals surface area contributed by atoms with Crippen molar-refractivity contribution in [2.24, 2.45) is 0 Å². The molecule has 0 heterocycles. The Bertz CT molecular complexity index is 653. The first-order valence-electron chi connectivity index (χ1n) is 6.76. The van der Waals surface area contributed by atoms with Crippen LogP contribution in [-0.4, -0.2) is 32.1 Å². The lowest BCUT2D eigenvalue weighted by molar-refractivity contribution is -0.137. The average molecular weight is 339 g/mol. The number of benzene rings is 1. The first kappa shape index (κ1) is 18.9. The summed E-state index contributed by atoms with van der Waals surface area (Å²) in [7, 11) is 1.18. The average Bonchev–Trinajstić information content (AvgIpc) is 2.46. The van der Waals surface area contributed by atoms with Crippen LogP contribution < -0.4 is 5.32 Å². The molecule has 1 unspecified atom stereocenters. The topological polar surface area (TPSA) is 98.8 Å². The molecule has 0 aliphatic carbocycles. The first-order valence-corrected chi connectivity index (χ1v) is 7.79. The zero-order chi connectivity index (χ0) is 17.6. The van der Waals surface area contributed by atoms with Crippen LogP contribution >= 0.6 is 0 Å². The molecule has 126 valence electrons. The highest BCUT2D eigenvalue weighted by molar-refractivity contribution is 7.76. The predicted molar refractivity (Wildman–Crippen MR) is 85.6 cm³/mol. The van der Waals surface area contributed by atoms with Crippen LogP contribution in [-0.2, 0) is 32.1 Å². The molecule has 0 aliphatic heterocycles. The number of amides is 1. The molecule has 8 heteroatoms. The molecule has 0 bridgehead atoms. The molecule has 1 atom stereocenters. The van der Waals surface area contributed by atoms with E-state index in [2.05, 4.69) is 10.1 Å². The molecule has 0 aliphatic rings. The van der Waals surface area contributed by atoms with Crippen LogP contribution in [0.25, 0.3) is 0 Å². The lowest BCUT2D eigenvalue weighted by Crippen LogP contribution is -2.31. The van der Waals surface area contributed by atoms with Crippen molar-refractivity contribution in [1.29, 1.82) is 0 Å². The van der Waals surface area contributed by atoms with E-state index < -0.39 is 17.2 Å². The van der Waals surface area contributed by atoms with E-state index >= 15 is 0 Å². The highest BCUT2D eigenvalue weighted by Crippen LogP contribution is 2.22. The number of anilines is 1. The van der Waals surface area contributed by atoms with E-state index in [1.165, 1.54) is 14.0 Å². The van der Waals surface area contributed by atoms with Crippen LogP contribution in [0, 0.1) is 0 Å². The molecule has 0 saturated heterocycles. The Kier molecular flexibility index (Phi) is 6.92. The number of ether oxygens (including phenoxy) is 1. The van der Waals surface area contributed by atoms with E-state index in [0.717, 1.165) is 4.31 Å². The summed E-state index contributed by atoms with van der Waals surface area (Å²) >= 11 is -2.69. The third kappa shape index (κ3) is 5.19. The van der Waals surface area contributed by atoms with Gasteiger partial charge in [-0.25, -0.2) is 4.79 Å². The lowest BCUT2D eigenvalue weighted by Gasteiger charge is -2.29. The van der Waals surface area contributed by atoms with Crippen molar-refractivity contribution in [1.82, 2.24) is 4.31 Å². The van der Waals surface area contributed by atoms with Gasteiger partial charge in [-0.3, -0.25) is 13.3 Å². The molecule has 23 heavy (non-hydrogen) atoms. The van der Waals surface area contributed by atoms with Crippen LogP contribution in [0.5, 0.6) is 0 Å². The fourth-order valence-corrected chi connectivity index (χ4v) is 2.63. The molecule has 1 N–H and O–H groups in total. The Balaban J connectivity index is 3.25. The highest BCUT2D eigenvalue weighted by Gasteiger charge is 2.22. The third-order valence-corrected chi connectivity index (χ3v) is 3.60. The second-order valence-corrected chi connectivity index (χ2v) is 5.81. The van der Waals surface area contributed by atoms with Crippen molar-refractivity contribution in [3.05, 3.63) is 41.1 Å². The summed E-state index contributed by atoms with van der Waals surface area (Å²) in [4.78, 5) is 23.1. The van der Waals surface area contributed by atoms with E-state index in [1.807, 2.05) is 0 Å². The van der Waals surface area contributed by atoms with Crippen LogP contribution in [0.2, 0.25) is 0 Å². The van der Waals surface area contributed by atoms with Crippen LogP contribution in [0.1, 0.15) is 26.3 Å². The molecule has 0 saturated carbocycles. The minimum atomic E-state index is -2.69. The van der Waals surface area contributed by atoms with Gasteiger partial charge in [0.1, 0.15) is 5.70 Å². The number of carbonyl (C=O) groups is 2. The van der Waals surface area contributed by atoms with Crippen molar-refractivity contribution in [2.45, 2.75) is 27.3 Å². The molecular weight excluding hydrogens is 320 g/mol. The number of hydrogen-bond donors (Lipinski definition) is 1. The predicted octanol–water partition coefficient (Wildman–Crippen LogP) is 1.71. The zero-order valence-corrected chi connectivity index (χ0v) is 14.2. The van der Waals surface area contributed by atoms with E-state index in [4.69, 9.17) is 0 Å². The molecule has 7 nitrogen and oxygen atoms in total. The summed E-state index contributed by atoms with van der Waals surface area (Å²) in [6.07, 6.45) is 0. The van der Waals surface area contributed by atoms with Crippen molar-refractivity contribution < 1.29 is 23.1 Å². The van der Waals surface area contributed by atoms with E-state index in [9.17, 15) is 18.4 Å². The smallest absolute Gasteiger partial charge is 0.355 e. The standard InChI is InChI=1S/C15H20N2O5S/c1-10(2)14(15(19)22-4)17(23(20)21)9-12-7-5-6-8-13(12)16-11(3)18/h5-8H,9H2,1-4H3,(H,16,18)(H,20,21)/p-1. The Labute approximate surface area is 137 Å². The van der Waals surface area contributed by atoms with Gasteiger partial charge >= 0.3 is 5.97 Å². The number of methoxy groups -OCH3 is 1. The Hall–Kier alpha value is -2.19. The van der Waals surface area contributed by atoms with Gasteiger partial charge in [0, 0.05) is 23.9 Å². The molecule has 0 aromatic heterocycles. The van der Waals surface area contributed by atoms with Gasteiger partial charge in [-0.2, -0.15) is 0 Å². The van der Waals surface area contributed by atoms with Gasteiger partial charge in [-0.15, -0.1) is 0 Å². The maximum atomic E-state index is 11.9. The van der Waals surface area contributed by atoms with Gasteiger partial charge in [0.25, 0.3) is 0 Å². The van der Waals surface area contributed by atoms with Gasteiger partial charge < -0.3 is 14.6 Å². The number of hydrogen-bond acceptors (Lipinski definition) is 5. The highest BCUT2D eigenvalue weighted by atomic mass is 32.2. The van der Waals surface area contributed by atoms with E-state index in [-0.39, 0.29) is 18.1 Å². The Morgan fingerprint density at radius 3 is 2.35 bits per heavy atom. The number of carbonyl (C=O) groups excluding carboxylic acids is 2. The van der Waals surface area contributed by atoms with Crippen molar-refractivity contribution in [3.63, 3.8) is 0 Å². The molecule has 1 aromatic rings. The minimum absolute atomic E-state index is 0.0570. The molecule has 0 radical (unpaired) electrons. The summed E-state index contributed by atoms with van der Waals surface area (Å²) in [5.74, 6) is -1.02. The van der Waals surface area contributed by atoms with Gasteiger partial charge in [-0.1, -0.05) is 18.2 Å². The van der Waals surface area contributed by atoms with Gasteiger partial charge in [0.15, 0.2) is 0 Å². The quantitative estimate of drug-likeness (QED) is 0.483. The monoisotopic (exact) mass is 339 g/mol. The molecular formula is C15H19N2O5S-. The summed E-state index contributed by atoms with van der Waals surface area (Å²) in [5, 5.41) is 2.63. The third-order valence-electron chi connectivity index (χ3n) is 2.92. The van der Waals surface area contributed by atoms with Crippen LogP contribution in [0.15, 0.2) is 35.5 Å². The Morgan fingerprint density at radius 1 is 1.26 bits per heavy atom. The number of para-hydroxylation sites is 1. The SMILES string of the molecule is COC(=O)C(=C(C)C)N(Cc1ccccc1NC(C)=O)S(=O)[O-]. The maximum Gasteiger partial charge on any atom is 0.355 e. The second kappa shape index (κ2) is 8.44. The fraction of sp³-hybridized carbons (Fsp3) is 0.333. The van der Waals surface area contributed by atoms with Crippen molar-refractivity contribution in [2.75, 3.05) is 12.4 Å². The van der Waals surface area contributed by atoms with Gasteiger partial charge in [-0.05, 0) is 31.1 Å². The zero-order valence-electron chi connectivity index (χ0n) is 13.4. The normalized spacial score (nSPS) is 11.3. The molecule has 0 spiro atoms. The first-order chi connectivity index (χ1) is 10.8. The molecule has 1 rings (SSSR count). The number of allylic oxidation sites excluding steroid dienone is 1. The van der Waals surface area contributed by atoms with Crippen molar-refractivity contribution in [3.8, 4) is 0 Å². The minimum Gasteiger partial charge on any atom is -0.755 e. The maximum absolute atomic E-state index is 11.9. The van der Waals surface area contributed by atoms with E-state index in [1.54, 1.807) is 38.1 Å². The number of nitrogens with one attached hydrogen (secondary N) is 1.